The number of H-pyrrole nitrogens is 2. The number of rotatable bonds is 1. The van der Waals surface area contributed by atoms with E-state index < -0.39 is 5.91 Å². The van der Waals surface area contributed by atoms with E-state index in [1.54, 1.807) is 18.2 Å². The lowest BCUT2D eigenvalue weighted by molar-refractivity contribution is -0.117. The summed E-state index contributed by atoms with van der Waals surface area (Å²) in [6.45, 7) is 0. The maximum Gasteiger partial charge on any atom is 0.323 e. The molecular formula is C11H9N3O2. The Morgan fingerprint density at radius 3 is 2.81 bits per heavy atom. The van der Waals surface area contributed by atoms with E-state index in [9.17, 15) is 9.59 Å². The van der Waals surface area contributed by atoms with Crippen molar-refractivity contribution in [1.29, 1.82) is 0 Å². The molecule has 5 heteroatoms. The molecule has 0 saturated heterocycles. The molecule has 1 aromatic heterocycles. The van der Waals surface area contributed by atoms with E-state index in [0.29, 0.717) is 5.52 Å². The van der Waals surface area contributed by atoms with Gasteiger partial charge >= 0.3 is 5.69 Å². The van der Waals surface area contributed by atoms with Gasteiger partial charge < -0.3 is 15.7 Å². The second kappa shape index (κ2) is 3.95. The first kappa shape index (κ1) is 10.1. The van der Waals surface area contributed by atoms with Crippen molar-refractivity contribution in [2.45, 2.75) is 6.42 Å². The fraction of sp³-hybridized carbons (Fsp3) is 0.0909. The molecule has 0 atom stereocenters. The fourth-order valence-corrected chi connectivity index (χ4v) is 1.34. The molecule has 0 aliphatic rings. The first-order valence-electron chi connectivity index (χ1n) is 4.64. The molecule has 80 valence electrons. The molecule has 0 unspecified atom stereocenters. The zero-order valence-corrected chi connectivity index (χ0v) is 8.33. The molecule has 1 heterocycles. The van der Waals surface area contributed by atoms with Gasteiger partial charge in [0, 0.05) is 5.56 Å². The van der Waals surface area contributed by atoms with Crippen molar-refractivity contribution in [3.05, 3.63) is 34.2 Å². The third kappa shape index (κ3) is 2.12. The van der Waals surface area contributed by atoms with Gasteiger partial charge in [-0.05, 0) is 18.2 Å². The number of carbonyl (C=O) groups excluding carboxylic acids is 1. The predicted molar refractivity (Wildman–Crippen MR) is 59.6 cm³/mol. The van der Waals surface area contributed by atoms with Gasteiger partial charge in [-0.25, -0.2) is 4.79 Å². The van der Waals surface area contributed by atoms with Crippen LogP contribution in [0.3, 0.4) is 0 Å². The lowest BCUT2D eigenvalue weighted by Crippen LogP contribution is -2.08. The van der Waals surface area contributed by atoms with Crippen molar-refractivity contribution in [3.63, 3.8) is 0 Å². The standard InChI is InChI=1S/C11H9N3O2/c12-10(15)3-1-2-7-4-5-8-9(6-7)14-11(16)13-8/h4-6H,3H2,(H2,12,15)(H2,13,14,16). The molecule has 0 aliphatic heterocycles. The van der Waals surface area contributed by atoms with Crippen LogP contribution in [0.4, 0.5) is 0 Å². The average Bonchev–Trinajstić information content (AvgIpc) is 2.56. The number of fused-ring (bicyclic) bond motifs is 1. The van der Waals surface area contributed by atoms with Gasteiger partial charge in [-0.2, -0.15) is 0 Å². The highest BCUT2D eigenvalue weighted by atomic mass is 16.1. The number of nitrogens with one attached hydrogen (secondary N) is 2. The van der Waals surface area contributed by atoms with E-state index in [4.69, 9.17) is 5.73 Å². The lowest BCUT2D eigenvalue weighted by Gasteiger charge is -1.90. The number of amides is 1. The Morgan fingerprint density at radius 1 is 1.31 bits per heavy atom. The van der Waals surface area contributed by atoms with Gasteiger partial charge in [0.05, 0.1) is 17.5 Å². The van der Waals surface area contributed by atoms with Crippen LogP contribution in [0.5, 0.6) is 0 Å². The molecule has 1 aromatic carbocycles. The second-order valence-corrected chi connectivity index (χ2v) is 3.28. The SMILES string of the molecule is NC(=O)CC#Cc1ccc2[nH]c(=O)[nH]c2c1. The van der Waals surface area contributed by atoms with Crippen LogP contribution in [-0.2, 0) is 4.79 Å². The van der Waals surface area contributed by atoms with E-state index in [-0.39, 0.29) is 12.1 Å². The van der Waals surface area contributed by atoms with Gasteiger partial charge in [-0.3, -0.25) is 4.79 Å². The van der Waals surface area contributed by atoms with Crippen LogP contribution in [0.2, 0.25) is 0 Å². The van der Waals surface area contributed by atoms with Crippen molar-refractivity contribution in [3.8, 4) is 11.8 Å². The molecule has 0 radical (unpaired) electrons. The summed E-state index contributed by atoms with van der Waals surface area (Å²) in [4.78, 5) is 26.7. The Balaban J connectivity index is 2.34. The first-order valence-corrected chi connectivity index (χ1v) is 4.64. The Morgan fingerprint density at radius 2 is 2.06 bits per heavy atom. The average molecular weight is 215 g/mol. The summed E-state index contributed by atoms with van der Waals surface area (Å²) >= 11 is 0. The van der Waals surface area contributed by atoms with Crippen molar-refractivity contribution in [1.82, 2.24) is 9.97 Å². The highest BCUT2D eigenvalue weighted by molar-refractivity contribution is 5.78. The largest absolute Gasteiger partial charge is 0.369 e. The molecule has 16 heavy (non-hydrogen) atoms. The smallest absolute Gasteiger partial charge is 0.323 e. The third-order valence-electron chi connectivity index (χ3n) is 2.01. The lowest BCUT2D eigenvalue weighted by atomic mass is 10.2. The summed E-state index contributed by atoms with van der Waals surface area (Å²) in [5, 5.41) is 0. The monoisotopic (exact) mass is 215 g/mol. The molecule has 4 N–H and O–H groups in total. The van der Waals surface area contributed by atoms with Crippen molar-refractivity contribution >= 4 is 16.9 Å². The molecule has 0 bridgehead atoms. The van der Waals surface area contributed by atoms with Gasteiger partial charge in [0.25, 0.3) is 0 Å². The van der Waals surface area contributed by atoms with Crippen molar-refractivity contribution in [2.24, 2.45) is 5.73 Å². The Kier molecular flexibility index (Phi) is 2.48. The van der Waals surface area contributed by atoms with E-state index in [1.807, 2.05) is 0 Å². The van der Waals surface area contributed by atoms with Crippen molar-refractivity contribution in [2.75, 3.05) is 0 Å². The van der Waals surface area contributed by atoms with Gasteiger partial charge in [0.1, 0.15) is 0 Å². The fourth-order valence-electron chi connectivity index (χ4n) is 1.34. The summed E-state index contributed by atoms with van der Waals surface area (Å²) in [7, 11) is 0. The number of carbonyl (C=O) groups is 1. The van der Waals surface area contributed by atoms with Crippen LogP contribution in [0.15, 0.2) is 23.0 Å². The quantitative estimate of drug-likeness (QED) is 0.588. The van der Waals surface area contributed by atoms with Crippen LogP contribution >= 0.6 is 0 Å². The van der Waals surface area contributed by atoms with Crippen LogP contribution in [0.25, 0.3) is 11.0 Å². The number of nitrogens with two attached hydrogens (primary N) is 1. The summed E-state index contributed by atoms with van der Waals surface area (Å²) in [6.07, 6.45) is 0.0295. The molecular weight excluding hydrogens is 206 g/mol. The van der Waals surface area contributed by atoms with Crippen LogP contribution in [0.1, 0.15) is 12.0 Å². The Hall–Kier alpha value is -2.48. The molecule has 0 saturated carbocycles. The maximum absolute atomic E-state index is 11.0. The van der Waals surface area contributed by atoms with E-state index in [0.717, 1.165) is 11.1 Å². The number of aromatic nitrogens is 2. The normalized spacial score (nSPS) is 9.75. The summed E-state index contributed by atoms with van der Waals surface area (Å²) in [5.41, 5.74) is 6.85. The topological polar surface area (TPSA) is 91.7 Å². The predicted octanol–water partition coefficient (Wildman–Crippen LogP) is 0.0831. The first-order chi connectivity index (χ1) is 7.65. The molecule has 5 nitrogen and oxygen atoms in total. The highest BCUT2D eigenvalue weighted by Crippen LogP contribution is 2.08. The molecule has 0 aliphatic carbocycles. The van der Waals surface area contributed by atoms with Gasteiger partial charge in [-0.15, -0.1) is 0 Å². The van der Waals surface area contributed by atoms with Crippen LogP contribution in [0, 0.1) is 11.8 Å². The van der Waals surface area contributed by atoms with E-state index in [2.05, 4.69) is 21.8 Å². The molecule has 2 rings (SSSR count). The van der Waals surface area contributed by atoms with Gasteiger partial charge in [0.15, 0.2) is 0 Å². The zero-order valence-electron chi connectivity index (χ0n) is 8.33. The van der Waals surface area contributed by atoms with Gasteiger partial charge in [-0.1, -0.05) is 11.8 Å². The minimum Gasteiger partial charge on any atom is -0.369 e. The number of hydrogen-bond acceptors (Lipinski definition) is 2. The molecule has 0 spiro atoms. The summed E-state index contributed by atoms with van der Waals surface area (Å²) in [5.74, 6) is 4.98. The third-order valence-corrected chi connectivity index (χ3v) is 2.01. The summed E-state index contributed by atoms with van der Waals surface area (Å²) < 4.78 is 0. The molecule has 2 aromatic rings. The minimum absolute atomic E-state index is 0.0295. The number of aromatic amines is 2. The summed E-state index contributed by atoms with van der Waals surface area (Å²) in [6, 6.07) is 5.25. The van der Waals surface area contributed by atoms with E-state index >= 15 is 0 Å². The van der Waals surface area contributed by atoms with Crippen LogP contribution < -0.4 is 11.4 Å². The minimum atomic E-state index is -0.455. The number of benzene rings is 1. The van der Waals surface area contributed by atoms with E-state index in [1.165, 1.54) is 0 Å². The number of primary amides is 1. The highest BCUT2D eigenvalue weighted by Gasteiger charge is 1.97. The maximum atomic E-state index is 11.0. The van der Waals surface area contributed by atoms with Gasteiger partial charge in [0.2, 0.25) is 5.91 Å². The number of imidazole rings is 1. The number of hydrogen-bond donors (Lipinski definition) is 3. The second-order valence-electron chi connectivity index (χ2n) is 3.28. The Labute approximate surface area is 90.7 Å². The Bertz CT molecular complexity index is 655. The zero-order chi connectivity index (χ0) is 11.5. The molecule has 1 amide bonds. The van der Waals surface area contributed by atoms with Crippen molar-refractivity contribution < 1.29 is 4.79 Å². The molecule has 0 fully saturated rings. The van der Waals surface area contributed by atoms with Crippen LogP contribution in [-0.4, -0.2) is 15.9 Å².